The highest BCUT2D eigenvalue weighted by Gasteiger charge is 2.20. The van der Waals surface area contributed by atoms with Crippen molar-refractivity contribution in [1.29, 1.82) is 0 Å². The minimum atomic E-state index is 0.693. The molecule has 2 aliphatic rings. The molecule has 2 aromatic heterocycles. The fourth-order valence-electron chi connectivity index (χ4n) is 3.90. The van der Waals surface area contributed by atoms with Gasteiger partial charge in [-0.15, -0.1) is 11.3 Å². The number of nitrogens with zero attached hydrogens (tertiary/aromatic N) is 4. The number of nitrogens with one attached hydrogen (secondary N) is 1. The van der Waals surface area contributed by atoms with Crippen LogP contribution in [-0.2, 0) is 6.54 Å². The zero-order valence-electron chi connectivity index (χ0n) is 14.7. The Morgan fingerprint density at radius 2 is 2.08 bits per heavy atom. The molecular formula is C19H27N5S. The van der Waals surface area contributed by atoms with Crippen molar-refractivity contribution in [3.8, 4) is 0 Å². The van der Waals surface area contributed by atoms with E-state index < -0.39 is 0 Å². The second-order valence-corrected chi connectivity index (χ2v) is 8.19. The molecular weight excluding hydrogens is 330 g/mol. The standard InChI is InChI=1S/C19H27N5S/c1-2-9-24(8-1)19-11-18(21-15-22-19)20-12-16-5-3-7-23(13-16)14-17-6-4-10-25-17/h4,6,10-11,15-16H,1-3,5,7-9,12-14H2,(H,20,21,22). The van der Waals surface area contributed by atoms with Crippen molar-refractivity contribution >= 4 is 23.0 Å². The lowest BCUT2D eigenvalue weighted by atomic mass is 9.98. The number of rotatable bonds is 6. The van der Waals surface area contributed by atoms with E-state index in [1.807, 2.05) is 11.3 Å². The van der Waals surface area contributed by atoms with Crippen LogP contribution in [0.25, 0.3) is 0 Å². The molecule has 5 nitrogen and oxygen atoms in total. The Morgan fingerprint density at radius 3 is 2.92 bits per heavy atom. The van der Waals surface area contributed by atoms with Crippen LogP contribution in [0.15, 0.2) is 29.9 Å². The van der Waals surface area contributed by atoms with Gasteiger partial charge in [0.2, 0.25) is 0 Å². The molecule has 25 heavy (non-hydrogen) atoms. The van der Waals surface area contributed by atoms with Gasteiger partial charge in [-0.1, -0.05) is 6.07 Å². The first-order valence-corrected chi connectivity index (χ1v) is 10.3. The van der Waals surface area contributed by atoms with E-state index in [1.165, 1.54) is 43.6 Å². The summed E-state index contributed by atoms with van der Waals surface area (Å²) < 4.78 is 0. The molecule has 0 aromatic carbocycles. The third-order valence-electron chi connectivity index (χ3n) is 5.22. The van der Waals surface area contributed by atoms with E-state index >= 15 is 0 Å². The van der Waals surface area contributed by atoms with Crippen molar-refractivity contribution in [3.63, 3.8) is 0 Å². The maximum absolute atomic E-state index is 4.44. The minimum Gasteiger partial charge on any atom is -0.370 e. The first kappa shape index (κ1) is 16.8. The summed E-state index contributed by atoms with van der Waals surface area (Å²) in [5.74, 6) is 2.73. The van der Waals surface area contributed by atoms with Crippen LogP contribution in [0, 0.1) is 5.92 Å². The maximum atomic E-state index is 4.44. The summed E-state index contributed by atoms with van der Waals surface area (Å²) in [5, 5.41) is 5.73. The molecule has 2 saturated heterocycles. The Labute approximate surface area is 154 Å². The van der Waals surface area contributed by atoms with Gasteiger partial charge < -0.3 is 10.2 Å². The molecule has 2 aliphatic heterocycles. The van der Waals surface area contributed by atoms with Crippen LogP contribution in [-0.4, -0.2) is 47.6 Å². The van der Waals surface area contributed by atoms with Gasteiger partial charge in [-0.05, 0) is 49.6 Å². The Bertz CT molecular complexity index is 654. The highest BCUT2D eigenvalue weighted by Crippen LogP contribution is 2.22. The molecule has 0 spiro atoms. The van der Waals surface area contributed by atoms with Gasteiger partial charge in [0.25, 0.3) is 0 Å². The van der Waals surface area contributed by atoms with Crippen LogP contribution in [0.3, 0.4) is 0 Å². The molecule has 0 amide bonds. The minimum absolute atomic E-state index is 0.693. The third kappa shape index (κ3) is 4.50. The predicted octanol–water partition coefficient (Wildman–Crippen LogP) is 3.46. The van der Waals surface area contributed by atoms with Gasteiger partial charge in [-0.2, -0.15) is 0 Å². The third-order valence-corrected chi connectivity index (χ3v) is 6.08. The lowest BCUT2D eigenvalue weighted by molar-refractivity contribution is 0.174. The van der Waals surface area contributed by atoms with Crippen LogP contribution in [0.2, 0.25) is 0 Å². The topological polar surface area (TPSA) is 44.3 Å². The molecule has 1 N–H and O–H groups in total. The molecule has 2 aromatic rings. The Hall–Kier alpha value is -1.66. The number of hydrogen-bond acceptors (Lipinski definition) is 6. The second kappa shape index (κ2) is 8.15. The Morgan fingerprint density at radius 1 is 1.16 bits per heavy atom. The quantitative estimate of drug-likeness (QED) is 0.858. The van der Waals surface area contributed by atoms with Crippen molar-refractivity contribution in [3.05, 3.63) is 34.8 Å². The van der Waals surface area contributed by atoms with Crippen LogP contribution in [0.5, 0.6) is 0 Å². The number of anilines is 2. The molecule has 1 unspecified atom stereocenters. The number of aromatic nitrogens is 2. The Kier molecular flexibility index (Phi) is 5.47. The first-order valence-electron chi connectivity index (χ1n) is 9.42. The van der Waals surface area contributed by atoms with E-state index in [9.17, 15) is 0 Å². The molecule has 0 bridgehead atoms. The van der Waals surface area contributed by atoms with Crippen molar-refractivity contribution in [2.75, 3.05) is 42.9 Å². The van der Waals surface area contributed by atoms with Crippen molar-refractivity contribution in [2.24, 2.45) is 5.92 Å². The van der Waals surface area contributed by atoms with Crippen molar-refractivity contribution < 1.29 is 0 Å². The number of thiophene rings is 1. The summed E-state index contributed by atoms with van der Waals surface area (Å²) >= 11 is 1.86. The molecule has 0 saturated carbocycles. The SMILES string of the molecule is c1csc(CN2CCCC(CNc3cc(N4CCCC4)ncn3)C2)c1. The molecule has 4 rings (SSSR count). The van der Waals surface area contributed by atoms with E-state index in [2.05, 4.69) is 48.7 Å². The zero-order chi connectivity index (χ0) is 16.9. The van der Waals surface area contributed by atoms with Gasteiger partial charge >= 0.3 is 0 Å². The summed E-state index contributed by atoms with van der Waals surface area (Å²) in [6.45, 7) is 6.74. The number of likely N-dealkylation sites (tertiary alicyclic amines) is 1. The van der Waals surface area contributed by atoms with Gasteiger partial charge in [-0.3, -0.25) is 4.90 Å². The van der Waals surface area contributed by atoms with Crippen LogP contribution < -0.4 is 10.2 Å². The van der Waals surface area contributed by atoms with Gasteiger partial charge in [-0.25, -0.2) is 9.97 Å². The van der Waals surface area contributed by atoms with Crippen molar-refractivity contribution in [2.45, 2.75) is 32.2 Å². The van der Waals surface area contributed by atoms with Crippen molar-refractivity contribution in [1.82, 2.24) is 14.9 Å². The fraction of sp³-hybridized carbons (Fsp3) is 0.579. The van der Waals surface area contributed by atoms with E-state index in [0.29, 0.717) is 5.92 Å². The van der Waals surface area contributed by atoms with E-state index in [-0.39, 0.29) is 0 Å². The molecule has 1 atom stereocenters. The average Bonchev–Trinajstić information content (AvgIpc) is 3.35. The molecule has 6 heteroatoms. The van der Waals surface area contributed by atoms with E-state index in [4.69, 9.17) is 0 Å². The molecule has 2 fully saturated rings. The second-order valence-electron chi connectivity index (χ2n) is 7.16. The summed E-state index contributed by atoms with van der Waals surface area (Å²) in [5.41, 5.74) is 0. The molecule has 4 heterocycles. The lowest BCUT2D eigenvalue weighted by Crippen LogP contribution is -2.37. The summed E-state index contributed by atoms with van der Waals surface area (Å²) in [6, 6.07) is 6.50. The fourth-order valence-corrected chi connectivity index (χ4v) is 4.64. The van der Waals surface area contributed by atoms with E-state index in [0.717, 1.165) is 37.8 Å². The summed E-state index contributed by atoms with van der Waals surface area (Å²) in [7, 11) is 0. The average molecular weight is 358 g/mol. The van der Waals surface area contributed by atoms with Gasteiger partial charge in [0.15, 0.2) is 0 Å². The van der Waals surface area contributed by atoms with Crippen LogP contribution in [0.4, 0.5) is 11.6 Å². The number of hydrogen-bond donors (Lipinski definition) is 1. The number of piperidine rings is 1. The highest BCUT2D eigenvalue weighted by atomic mass is 32.1. The highest BCUT2D eigenvalue weighted by molar-refractivity contribution is 7.09. The van der Waals surface area contributed by atoms with E-state index in [1.54, 1.807) is 6.33 Å². The Balaban J connectivity index is 1.29. The monoisotopic (exact) mass is 357 g/mol. The predicted molar refractivity (Wildman–Crippen MR) is 104 cm³/mol. The smallest absolute Gasteiger partial charge is 0.134 e. The van der Waals surface area contributed by atoms with Gasteiger partial charge in [0, 0.05) is 43.7 Å². The van der Waals surface area contributed by atoms with Gasteiger partial charge in [0.05, 0.1) is 0 Å². The normalized spacial score (nSPS) is 21.6. The summed E-state index contributed by atoms with van der Waals surface area (Å²) in [6.07, 6.45) is 6.84. The molecule has 134 valence electrons. The lowest BCUT2D eigenvalue weighted by Gasteiger charge is -2.32. The zero-order valence-corrected chi connectivity index (χ0v) is 15.5. The van der Waals surface area contributed by atoms with Gasteiger partial charge in [0.1, 0.15) is 18.0 Å². The largest absolute Gasteiger partial charge is 0.370 e. The summed E-state index contributed by atoms with van der Waals surface area (Å²) in [4.78, 5) is 15.3. The molecule has 0 aliphatic carbocycles. The first-order chi connectivity index (χ1) is 12.4. The van der Waals surface area contributed by atoms with Crippen LogP contribution in [0.1, 0.15) is 30.6 Å². The molecule has 0 radical (unpaired) electrons. The maximum Gasteiger partial charge on any atom is 0.134 e. The van der Waals surface area contributed by atoms with Crippen LogP contribution >= 0.6 is 11.3 Å².